The Kier molecular flexibility index (Phi) is 3.66. The fraction of sp³-hybridized carbons (Fsp3) is 0.300. The molecule has 0 aromatic heterocycles. The Morgan fingerprint density at radius 2 is 1.96 bits per heavy atom. The van der Waals surface area contributed by atoms with Crippen LogP contribution >= 0.6 is 0 Å². The molecule has 118 valence electrons. The van der Waals surface area contributed by atoms with Gasteiger partial charge in [0.1, 0.15) is 5.82 Å². The van der Waals surface area contributed by atoms with Crippen LogP contribution in [0.3, 0.4) is 0 Å². The van der Waals surface area contributed by atoms with Crippen molar-refractivity contribution in [1.29, 1.82) is 0 Å². The minimum absolute atomic E-state index is 0.135. The van der Waals surface area contributed by atoms with Gasteiger partial charge < -0.3 is 9.80 Å². The van der Waals surface area contributed by atoms with Crippen LogP contribution in [0.2, 0.25) is 0 Å². The lowest BCUT2D eigenvalue weighted by Crippen LogP contribution is -2.43. The molecule has 1 fully saturated rings. The van der Waals surface area contributed by atoms with Gasteiger partial charge in [0.25, 0.3) is 0 Å². The molecule has 0 aliphatic carbocycles. The molecule has 0 N–H and O–H groups in total. The van der Waals surface area contributed by atoms with Crippen molar-refractivity contribution in [1.82, 2.24) is 4.90 Å². The minimum Gasteiger partial charge on any atom is -0.344 e. The highest BCUT2D eigenvalue weighted by Gasteiger charge is 2.40. The lowest BCUT2D eigenvalue weighted by Gasteiger charge is -2.36. The molecular formula is C20H21FN2. The summed E-state index contributed by atoms with van der Waals surface area (Å²) in [7, 11) is 2.15. The smallest absolute Gasteiger partial charge is 0.123 e. The third kappa shape index (κ3) is 2.66. The van der Waals surface area contributed by atoms with Crippen LogP contribution in [0, 0.1) is 5.82 Å². The Labute approximate surface area is 136 Å². The lowest BCUT2D eigenvalue weighted by molar-refractivity contribution is 0.235. The second-order valence-corrected chi connectivity index (χ2v) is 6.56. The Hall–Kier alpha value is -2.13. The van der Waals surface area contributed by atoms with E-state index in [-0.39, 0.29) is 5.82 Å². The van der Waals surface area contributed by atoms with Crippen molar-refractivity contribution in [3.8, 4) is 0 Å². The third-order valence-electron chi connectivity index (χ3n) is 5.03. The lowest BCUT2D eigenvalue weighted by atomic mass is 9.89. The standard InChI is InChI=1S/C20H21FN2/c1-22-11-10-20-18(14-22)17-13-16(21)7-8-19(17)23(20)12-9-15-5-3-2-4-6-15/h2-9,12-13,18,20H,10-11,14H2,1H3/b12-9+. The van der Waals surface area contributed by atoms with Crippen molar-refractivity contribution in [3.63, 3.8) is 0 Å². The summed E-state index contributed by atoms with van der Waals surface area (Å²) >= 11 is 0. The maximum Gasteiger partial charge on any atom is 0.123 e. The zero-order valence-electron chi connectivity index (χ0n) is 13.3. The Morgan fingerprint density at radius 1 is 1.13 bits per heavy atom. The molecule has 0 amide bonds. The van der Waals surface area contributed by atoms with Crippen LogP contribution < -0.4 is 4.90 Å². The van der Waals surface area contributed by atoms with Crippen LogP contribution in [0.1, 0.15) is 23.5 Å². The van der Waals surface area contributed by atoms with E-state index in [1.165, 1.54) is 5.56 Å². The Balaban J connectivity index is 1.70. The molecule has 0 saturated carbocycles. The van der Waals surface area contributed by atoms with Crippen LogP contribution in [0.5, 0.6) is 0 Å². The van der Waals surface area contributed by atoms with Crippen LogP contribution in [-0.4, -0.2) is 31.1 Å². The molecule has 23 heavy (non-hydrogen) atoms. The van der Waals surface area contributed by atoms with Gasteiger partial charge in [0.05, 0.1) is 0 Å². The topological polar surface area (TPSA) is 6.48 Å². The molecule has 0 spiro atoms. The molecule has 1 saturated heterocycles. The molecule has 2 aromatic rings. The first kappa shape index (κ1) is 14.5. The SMILES string of the molecule is CN1CCC2C(C1)c1cc(F)ccc1N2/C=C/c1ccccc1. The van der Waals surface area contributed by atoms with E-state index in [0.717, 1.165) is 30.8 Å². The summed E-state index contributed by atoms with van der Waals surface area (Å²) < 4.78 is 13.7. The normalized spacial score (nSPS) is 24.0. The molecule has 2 unspecified atom stereocenters. The third-order valence-corrected chi connectivity index (χ3v) is 5.03. The monoisotopic (exact) mass is 308 g/mol. The average molecular weight is 308 g/mol. The van der Waals surface area contributed by atoms with Gasteiger partial charge in [-0.1, -0.05) is 30.3 Å². The number of benzene rings is 2. The van der Waals surface area contributed by atoms with Gasteiger partial charge in [0, 0.05) is 30.4 Å². The highest BCUT2D eigenvalue weighted by molar-refractivity contribution is 5.67. The summed E-state index contributed by atoms with van der Waals surface area (Å²) in [6.07, 6.45) is 5.42. The van der Waals surface area contributed by atoms with E-state index in [9.17, 15) is 4.39 Å². The Bertz CT molecular complexity index is 726. The molecule has 2 nitrogen and oxygen atoms in total. The zero-order valence-corrected chi connectivity index (χ0v) is 13.3. The number of anilines is 1. The van der Waals surface area contributed by atoms with Gasteiger partial charge in [-0.15, -0.1) is 0 Å². The second kappa shape index (κ2) is 5.82. The minimum atomic E-state index is -0.135. The molecule has 2 atom stereocenters. The number of hydrogen-bond acceptors (Lipinski definition) is 2. The van der Waals surface area contributed by atoms with E-state index in [4.69, 9.17) is 0 Å². The predicted molar refractivity (Wildman–Crippen MR) is 93.0 cm³/mol. The number of fused-ring (bicyclic) bond motifs is 3. The Morgan fingerprint density at radius 3 is 2.78 bits per heavy atom. The molecule has 2 aliphatic heterocycles. The molecule has 2 heterocycles. The summed E-state index contributed by atoms with van der Waals surface area (Å²) in [4.78, 5) is 4.69. The van der Waals surface area contributed by atoms with Crippen molar-refractivity contribution in [2.75, 3.05) is 25.0 Å². The largest absolute Gasteiger partial charge is 0.344 e. The number of likely N-dealkylation sites (tertiary alicyclic amines) is 1. The highest BCUT2D eigenvalue weighted by Crippen LogP contribution is 2.45. The van der Waals surface area contributed by atoms with Gasteiger partial charge in [0.2, 0.25) is 0 Å². The maximum absolute atomic E-state index is 13.7. The zero-order chi connectivity index (χ0) is 15.8. The highest BCUT2D eigenvalue weighted by atomic mass is 19.1. The maximum atomic E-state index is 13.7. The van der Waals surface area contributed by atoms with E-state index in [1.54, 1.807) is 12.1 Å². The number of hydrogen-bond donors (Lipinski definition) is 0. The molecule has 2 aromatic carbocycles. The number of piperidine rings is 1. The van der Waals surface area contributed by atoms with Crippen LogP contribution in [0.4, 0.5) is 10.1 Å². The second-order valence-electron chi connectivity index (χ2n) is 6.56. The number of nitrogens with zero attached hydrogens (tertiary/aromatic N) is 2. The van der Waals surface area contributed by atoms with E-state index in [0.29, 0.717) is 12.0 Å². The number of likely N-dealkylation sites (N-methyl/N-ethyl adjacent to an activating group) is 1. The van der Waals surface area contributed by atoms with Gasteiger partial charge in [-0.3, -0.25) is 0 Å². The number of rotatable bonds is 2. The molecule has 0 radical (unpaired) electrons. The van der Waals surface area contributed by atoms with Gasteiger partial charge in [0.15, 0.2) is 0 Å². The first-order valence-electron chi connectivity index (χ1n) is 8.22. The molecule has 2 aliphatic rings. The van der Waals surface area contributed by atoms with Gasteiger partial charge in [-0.25, -0.2) is 4.39 Å². The van der Waals surface area contributed by atoms with E-state index < -0.39 is 0 Å². The summed E-state index contributed by atoms with van der Waals surface area (Å²) in [5, 5.41) is 0. The number of halogens is 1. The fourth-order valence-electron chi connectivity index (χ4n) is 3.90. The van der Waals surface area contributed by atoms with Crippen LogP contribution in [-0.2, 0) is 0 Å². The molecule has 3 heteroatoms. The molecular weight excluding hydrogens is 287 g/mol. The summed E-state index contributed by atoms with van der Waals surface area (Å²) in [5.74, 6) is 0.254. The van der Waals surface area contributed by atoms with Crippen molar-refractivity contribution in [2.24, 2.45) is 0 Å². The van der Waals surface area contributed by atoms with Gasteiger partial charge in [-0.05, 0) is 55.4 Å². The van der Waals surface area contributed by atoms with E-state index in [2.05, 4.69) is 41.3 Å². The van der Waals surface area contributed by atoms with Crippen molar-refractivity contribution >= 4 is 11.8 Å². The van der Waals surface area contributed by atoms with Crippen molar-refractivity contribution in [3.05, 3.63) is 71.7 Å². The first-order valence-corrected chi connectivity index (χ1v) is 8.22. The molecule has 0 bridgehead atoms. The van der Waals surface area contributed by atoms with E-state index in [1.807, 2.05) is 24.3 Å². The van der Waals surface area contributed by atoms with Crippen LogP contribution in [0.25, 0.3) is 6.08 Å². The quantitative estimate of drug-likeness (QED) is 0.824. The summed E-state index contributed by atoms with van der Waals surface area (Å²) in [6.45, 7) is 2.09. The van der Waals surface area contributed by atoms with Gasteiger partial charge in [-0.2, -0.15) is 0 Å². The van der Waals surface area contributed by atoms with E-state index >= 15 is 0 Å². The van der Waals surface area contributed by atoms with Crippen molar-refractivity contribution in [2.45, 2.75) is 18.4 Å². The van der Waals surface area contributed by atoms with Crippen molar-refractivity contribution < 1.29 is 4.39 Å². The first-order chi connectivity index (χ1) is 11.2. The summed E-state index contributed by atoms with van der Waals surface area (Å²) in [5.41, 5.74) is 3.50. The van der Waals surface area contributed by atoms with Gasteiger partial charge >= 0.3 is 0 Å². The van der Waals surface area contributed by atoms with Crippen LogP contribution in [0.15, 0.2) is 54.7 Å². The average Bonchev–Trinajstić information content (AvgIpc) is 2.86. The fourth-order valence-corrected chi connectivity index (χ4v) is 3.90. The summed E-state index contributed by atoms with van der Waals surface area (Å²) in [6, 6.07) is 16.0. The molecule has 4 rings (SSSR count). The predicted octanol–water partition coefficient (Wildman–Crippen LogP) is 4.10.